The Bertz CT molecular complexity index is 1450. The summed E-state index contributed by atoms with van der Waals surface area (Å²) in [6.45, 7) is -0.0846. The second-order valence-corrected chi connectivity index (χ2v) is 9.89. The second kappa shape index (κ2) is 8.87. The molecule has 2 heterocycles. The van der Waals surface area contributed by atoms with E-state index in [4.69, 9.17) is 14.7 Å². The molecule has 0 bridgehead atoms. The van der Waals surface area contributed by atoms with Crippen LogP contribution in [-0.4, -0.2) is 37.4 Å². The largest absolute Gasteiger partial charge is 0.454 e. The van der Waals surface area contributed by atoms with Crippen molar-refractivity contribution in [2.24, 2.45) is 0 Å². The van der Waals surface area contributed by atoms with Gasteiger partial charge in [-0.1, -0.05) is 24.3 Å². The third-order valence-corrected chi connectivity index (χ3v) is 7.72. The van der Waals surface area contributed by atoms with Crippen molar-refractivity contribution in [1.29, 1.82) is 5.26 Å². The fourth-order valence-electron chi connectivity index (χ4n) is 4.11. The lowest BCUT2D eigenvalue weighted by Gasteiger charge is -2.27. The number of hydrogen-bond donors (Lipinski definition) is 0. The Morgan fingerprint density at radius 3 is 2.40 bits per heavy atom. The van der Waals surface area contributed by atoms with Crippen molar-refractivity contribution >= 4 is 27.5 Å². The Morgan fingerprint density at radius 2 is 1.69 bits per heavy atom. The summed E-state index contributed by atoms with van der Waals surface area (Å²) in [7, 11) is -4.15. The van der Waals surface area contributed by atoms with Crippen molar-refractivity contribution < 1.29 is 27.5 Å². The van der Waals surface area contributed by atoms with Gasteiger partial charge in [0.25, 0.3) is 5.91 Å². The van der Waals surface area contributed by atoms with Crippen LogP contribution in [0.4, 0.5) is 5.69 Å². The van der Waals surface area contributed by atoms with Crippen LogP contribution in [0.3, 0.4) is 0 Å². The van der Waals surface area contributed by atoms with Crippen molar-refractivity contribution in [2.75, 3.05) is 11.7 Å². The van der Waals surface area contributed by atoms with Crippen molar-refractivity contribution in [1.82, 2.24) is 4.31 Å². The molecule has 9 nitrogen and oxygen atoms in total. The Labute approximate surface area is 201 Å². The molecule has 0 spiro atoms. The van der Waals surface area contributed by atoms with Gasteiger partial charge in [-0.25, -0.2) is 13.3 Å². The molecule has 2 aliphatic heterocycles. The Kier molecular flexibility index (Phi) is 5.72. The van der Waals surface area contributed by atoms with E-state index in [1.165, 1.54) is 36.4 Å². The first-order valence-electron chi connectivity index (χ1n) is 10.7. The van der Waals surface area contributed by atoms with Gasteiger partial charge >= 0.3 is 0 Å². The SMILES string of the molecule is N#Cc1ccc(N2C(=O)CC(N(Cc3ccc4c(c3)OCO4)S(=O)(=O)c3ccccc3)C2=O)cc1. The van der Waals surface area contributed by atoms with E-state index < -0.39 is 27.9 Å². The summed E-state index contributed by atoms with van der Waals surface area (Å²) in [5, 5.41) is 9.02. The molecule has 10 heteroatoms. The van der Waals surface area contributed by atoms with Crippen LogP contribution in [-0.2, 0) is 26.2 Å². The molecule has 1 fully saturated rings. The minimum atomic E-state index is -4.15. The van der Waals surface area contributed by atoms with E-state index in [1.54, 1.807) is 36.4 Å². The lowest BCUT2D eigenvalue weighted by molar-refractivity contribution is -0.122. The highest BCUT2D eigenvalue weighted by atomic mass is 32.2. The van der Waals surface area contributed by atoms with E-state index >= 15 is 0 Å². The first-order valence-corrected chi connectivity index (χ1v) is 12.1. The van der Waals surface area contributed by atoms with Gasteiger partial charge in [-0.3, -0.25) is 9.59 Å². The van der Waals surface area contributed by atoms with Crippen molar-refractivity contribution in [3.63, 3.8) is 0 Å². The van der Waals surface area contributed by atoms with Gasteiger partial charge in [0.2, 0.25) is 22.7 Å². The second-order valence-electron chi connectivity index (χ2n) is 8.00. The number of amides is 2. The number of benzene rings is 3. The minimum Gasteiger partial charge on any atom is -0.454 e. The van der Waals surface area contributed by atoms with Crippen molar-refractivity contribution in [3.05, 3.63) is 83.9 Å². The zero-order valence-electron chi connectivity index (χ0n) is 18.3. The number of imide groups is 1. The monoisotopic (exact) mass is 489 g/mol. The fraction of sp³-hybridized carbons (Fsp3) is 0.160. The Hall–Kier alpha value is -4.20. The van der Waals surface area contributed by atoms with Gasteiger partial charge in [-0.2, -0.15) is 9.57 Å². The van der Waals surface area contributed by atoms with Gasteiger partial charge in [0, 0.05) is 6.54 Å². The molecule has 1 unspecified atom stereocenters. The molecule has 0 N–H and O–H groups in total. The van der Waals surface area contributed by atoms with Gasteiger partial charge in [-0.05, 0) is 54.1 Å². The third-order valence-electron chi connectivity index (χ3n) is 5.85. The highest BCUT2D eigenvalue weighted by Gasteiger charge is 2.47. The predicted molar refractivity (Wildman–Crippen MR) is 124 cm³/mol. The van der Waals surface area contributed by atoms with Crippen molar-refractivity contribution in [2.45, 2.75) is 23.9 Å². The molecule has 1 saturated heterocycles. The molecule has 5 rings (SSSR count). The third kappa shape index (κ3) is 4.12. The summed E-state index contributed by atoms with van der Waals surface area (Å²) < 4.78 is 39.2. The van der Waals surface area contributed by atoms with Gasteiger partial charge < -0.3 is 9.47 Å². The van der Waals surface area contributed by atoms with E-state index in [0.29, 0.717) is 22.6 Å². The minimum absolute atomic E-state index is 0.0119. The van der Waals surface area contributed by atoms with Gasteiger partial charge in [0.05, 0.1) is 28.6 Å². The first-order chi connectivity index (χ1) is 16.9. The predicted octanol–water partition coefficient (Wildman–Crippen LogP) is 2.81. The molecule has 1 atom stereocenters. The number of anilines is 1. The van der Waals surface area contributed by atoms with Gasteiger partial charge in [0.15, 0.2) is 11.5 Å². The van der Waals surface area contributed by atoms with Crippen LogP contribution in [0.25, 0.3) is 0 Å². The zero-order chi connectivity index (χ0) is 24.6. The number of fused-ring (bicyclic) bond motifs is 1. The number of nitrogens with zero attached hydrogens (tertiary/aromatic N) is 3. The standard InChI is InChI=1S/C25H19N3O6S/c26-14-17-6-9-19(10-7-17)28-24(29)13-21(25(28)30)27(35(31,32)20-4-2-1-3-5-20)15-18-8-11-22-23(12-18)34-16-33-22/h1-12,21H,13,15-16H2. The maximum absolute atomic E-state index is 13.7. The van der Waals surface area contributed by atoms with Crippen LogP contribution >= 0.6 is 0 Å². The van der Waals surface area contributed by atoms with E-state index in [9.17, 15) is 18.0 Å². The molecule has 0 saturated carbocycles. The van der Waals surface area contributed by atoms with Gasteiger partial charge in [0.1, 0.15) is 6.04 Å². The normalized spacial score (nSPS) is 17.1. The van der Waals surface area contributed by atoms with Crippen molar-refractivity contribution in [3.8, 4) is 17.6 Å². The summed E-state index contributed by atoms with van der Waals surface area (Å²) in [5.74, 6) is -0.151. The van der Waals surface area contributed by atoms with E-state index in [-0.39, 0.29) is 30.3 Å². The molecule has 0 aromatic heterocycles. The average Bonchev–Trinajstić information content (AvgIpc) is 3.46. The summed E-state index contributed by atoms with van der Waals surface area (Å²) in [5.41, 5.74) is 1.23. The highest BCUT2D eigenvalue weighted by Crippen LogP contribution is 2.35. The number of sulfonamides is 1. The molecular weight excluding hydrogens is 470 g/mol. The molecule has 2 aliphatic rings. The maximum Gasteiger partial charge on any atom is 0.252 e. The van der Waals surface area contributed by atoms with Crippen LogP contribution in [0.15, 0.2) is 77.7 Å². The molecule has 3 aromatic rings. The van der Waals surface area contributed by atoms with Crippen LogP contribution in [0.1, 0.15) is 17.5 Å². The van der Waals surface area contributed by atoms with E-state index in [2.05, 4.69) is 0 Å². The summed E-state index contributed by atoms with van der Waals surface area (Å²) in [6.07, 6.45) is -0.310. The number of carbonyl (C=O) groups is 2. The molecule has 2 amide bonds. The Balaban J connectivity index is 1.53. The molecule has 0 radical (unpaired) electrons. The lowest BCUT2D eigenvalue weighted by Crippen LogP contribution is -2.45. The lowest BCUT2D eigenvalue weighted by atomic mass is 10.1. The quantitative estimate of drug-likeness (QED) is 0.489. The zero-order valence-corrected chi connectivity index (χ0v) is 19.1. The summed E-state index contributed by atoms with van der Waals surface area (Å²) in [4.78, 5) is 27.3. The van der Waals surface area contributed by atoms with Crippen LogP contribution < -0.4 is 14.4 Å². The van der Waals surface area contributed by atoms with Crippen LogP contribution in [0.5, 0.6) is 11.5 Å². The highest BCUT2D eigenvalue weighted by molar-refractivity contribution is 7.89. The Morgan fingerprint density at radius 1 is 0.971 bits per heavy atom. The maximum atomic E-state index is 13.7. The topological polar surface area (TPSA) is 117 Å². The number of nitriles is 1. The summed E-state index contributed by atoms with van der Waals surface area (Å²) >= 11 is 0. The van der Waals surface area contributed by atoms with E-state index in [0.717, 1.165) is 9.21 Å². The number of carbonyl (C=O) groups excluding carboxylic acids is 2. The molecule has 176 valence electrons. The first kappa shape index (κ1) is 22.6. The smallest absolute Gasteiger partial charge is 0.252 e. The molecular formula is C25H19N3O6S. The van der Waals surface area contributed by atoms with Crippen LogP contribution in [0, 0.1) is 11.3 Å². The van der Waals surface area contributed by atoms with Gasteiger partial charge in [-0.15, -0.1) is 0 Å². The molecule has 0 aliphatic carbocycles. The van der Waals surface area contributed by atoms with E-state index in [1.807, 2.05) is 6.07 Å². The average molecular weight is 490 g/mol. The fourth-order valence-corrected chi connectivity index (χ4v) is 5.70. The number of hydrogen-bond acceptors (Lipinski definition) is 7. The summed E-state index contributed by atoms with van der Waals surface area (Å²) in [6, 6.07) is 19.5. The molecule has 3 aromatic carbocycles. The van der Waals surface area contributed by atoms with Crippen LogP contribution in [0.2, 0.25) is 0 Å². The number of rotatable bonds is 6. The number of ether oxygens (including phenoxy) is 2. The molecule has 35 heavy (non-hydrogen) atoms.